The average Bonchev–Trinajstić information content (AvgIpc) is 2.48. The summed E-state index contributed by atoms with van der Waals surface area (Å²) >= 11 is 3.45. The lowest BCUT2D eigenvalue weighted by Gasteiger charge is -2.07. The normalized spacial score (nSPS) is 10.7. The molecule has 2 rings (SSSR count). The highest BCUT2D eigenvalue weighted by Crippen LogP contribution is 2.24. The van der Waals surface area contributed by atoms with E-state index in [1.807, 2.05) is 50.2 Å². The van der Waals surface area contributed by atoms with E-state index in [-0.39, 0.29) is 5.91 Å². The van der Waals surface area contributed by atoms with E-state index in [0.717, 1.165) is 32.6 Å². The quantitative estimate of drug-likeness (QED) is 0.801. The Bertz CT molecular complexity index is 723. The summed E-state index contributed by atoms with van der Waals surface area (Å²) in [6, 6.07) is 11.6. The van der Waals surface area contributed by atoms with E-state index >= 15 is 0 Å². The van der Waals surface area contributed by atoms with Crippen LogP contribution in [0.1, 0.15) is 16.7 Å². The van der Waals surface area contributed by atoms with Crippen LogP contribution in [0.25, 0.3) is 6.08 Å². The number of ether oxygens (including phenoxy) is 1. The Morgan fingerprint density at radius 1 is 1.14 bits per heavy atom. The van der Waals surface area contributed by atoms with Gasteiger partial charge in [0.2, 0.25) is 5.91 Å². The fourth-order valence-electron chi connectivity index (χ4n) is 2.05. The van der Waals surface area contributed by atoms with Gasteiger partial charge in [-0.2, -0.15) is 0 Å². The number of nitrogens with one attached hydrogen (secondary N) is 1. The van der Waals surface area contributed by atoms with Gasteiger partial charge in [0.15, 0.2) is 0 Å². The van der Waals surface area contributed by atoms with Crippen LogP contribution in [0.2, 0.25) is 0 Å². The molecule has 2 aromatic rings. The van der Waals surface area contributed by atoms with Crippen LogP contribution in [-0.2, 0) is 4.79 Å². The molecule has 114 valence electrons. The topological polar surface area (TPSA) is 38.3 Å². The molecule has 0 aliphatic carbocycles. The summed E-state index contributed by atoms with van der Waals surface area (Å²) in [6.45, 7) is 4.00. The molecular weight excluding hydrogens is 342 g/mol. The van der Waals surface area contributed by atoms with Gasteiger partial charge in [0.1, 0.15) is 5.75 Å². The number of carbonyl (C=O) groups excluding carboxylic acids is 1. The molecule has 0 atom stereocenters. The number of methoxy groups -OCH3 is 1. The molecule has 0 fully saturated rings. The highest BCUT2D eigenvalue weighted by molar-refractivity contribution is 9.10. The lowest BCUT2D eigenvalue weighted by Crippen LogP contribution is -2.08. The van der Waals surface area contributed by atoms with Crippen LogP contribution in [0.5, 0.6) is 5.75 Å². The molecule has 0 spiro atoms. The van der Waals surface area contributed by atoms with Crippen LogP contribution in [0.3, 0.4) is 0 Å². The van der Waals surface area contributed by atoms with Crippen molar-refractivity contribution in [1.82, 2.24) is 0 Å². The summed E-state index contributed by atoms with van der Waals surface area (Å²) in [5, 5.41) is 2.85. The van der Waals surface area contributed by atoms with E-state index in [2.05, 4.69) is 21.2 Å². The third kappa shape index (κ3) is 4.21. The van der Waals surface area contributed by atoms with E-state index in [4.69, 9.17) is 4.74 Å². The van der Waals surface area contributed by atoms with Crippen molar-refractivity contribution in [3.63, 3.8) is 0 Å². The van der Waals surface area contributed by atoms with Gasteiger partial charge in [0, 0.05) is 16.1 Å². The minimum Gasteiger partial charge on any atom is -0.496 e. The Labute approximate surface area is 139 Å². The molecule has 1 amide bonds. The lowest BCUT2D eigenvalue weighted by molar-refractivity contribution is -0.111. The number of carbonyl (C=O) groups is 1. The first kappa shape index (κ1) is 16.3. The third-order valence-electron chi connectivity index (χ3n) is 3.18. The maximum Gasteiger partial charge on any atom is 0.248 e. The van der Waals surface area contributed by atoms with Gasteiger partial charge in [-0.25, -0.2) is 0 Å². The van der Waals surface area contributed by atoms with Crippen molar-refractivity contribution < 1.29 is 9.53 Å². The lowest BCUT2D eigenvalue weighted by atomic mass is 10.1. The molecule has 0 saturated carbocycles. The van der Waals surface area contributed by atoms with Gasteiger partial charge in [0.05, 0.1) is 12.8 Å². The fourth-order valence-corrected chi connectivity index (χ4v) is 2.64. The van der Waals surface area contributed by atoms with E-state index in [1.165, 1.54) is 6.08 Å². The van der Waals surface area contributed by atoms with Gasteiger partial charge < -0.3 is 10.1 Å². The van der Waals surface area contributed by atoms with Crippen molar-refractivity contribution >= 4 is 33.6 Å². The van der Waals surface area contributed by atoms with E-state index in [1.54, 1.807) is 13.2 Å². The zero-order valence-electron chi connectivity index (χ0n) is 12.8. The number of rotatable bonds is 4. The molecule has 0 heterocycles. The van der Waals surface area contributed by atoms with E-state index in [9.17, 15) is 4.79 Å². The van der Waals surface area contributed by atoms with Gasteiger partial charge in [-0.15, -0.1) is 0 Å². The SMILES string of the molecule is COc1ccc(C)cc1/C=C/C(=O)Nc1ccc(C)cc1Br. The van der Waals surface area contributed by atoms with Crippen molar-refractivity contribution in [2.45, 2.75) is 13.8 Å². The monoisotopic (exact) mass is 359 g/mol. The number of amides is 1. The van der Waals surface area contributed by atoms with Crippen LogP contribution in [0, 0.1) is 13.8 Å². The summed E-state index contributed by atoms with van der Waals surface area (Å²) in [5.74, 6) is 0.555. The average molecular weight is 360 g/mol. The molecule has 0 unspecified atom stereocenters. The zero-order valence-corrected chi connectivity index (χ0v) is 14.4. The van der Waals surface area contributed by atoms with Gasteiger partial charge in [0.25, 0.3) is 0 Å². The summed E-state index contributed by atoms with van der Waals surface area (Å²) in [6.07, 6.45) is 3.26. The molecule has 22 heavy (non-hydrogen) atoms. The molecule has 0 radical (unpaired) electrons. The second kappa shape index (κ2) is 7.27. The van der Waals surface area contributed by atoms with Gasteiger partial charge in [-0.05, 0) is 65.7 Å². The fraction of sp³-hybridized carbons (Fsp3) is 0.167. The number of hydrogen-bond acceptors (Lipinski definition) is 2. The smallest absolute Gasteiger partial charge is 0.248 e. The number of anilines is 1. The van der Waals surface area contributed by atoms with Gasteiger partial charge in [-0.1, -0.05) is 17.7 Å². The molecule has 1 N–H and O–H groups in total. The Kier molecular flexibility index (Phi) is 5.39. The maximum atomic E-state index is 12.0. The van der Waals surface area contributed by atoms with Gasteiger partial charge in [-0.3, -0.25) is 4.79 Å². The van der Waals surface area contributed by atoms with Gasteiger partial charge >= 0.3 is 0 Å². The Balaban J connectivity index is 2.13. The summed E-state index contributed by atoms with van der Waals surface area (Å²) in [5.41, 5.74) is 3.86. The van der Waals surface area contributed by atoms with Crippen molar-refractivity contribution in [2.75, 3.05) is 12.4 Å². The summed E-state index contributed by atoms with van der Waals surface area (Å²) in [7, 11) is 1.62. The Morgan fingerprint density at radius 2 is 1.82 bits per heavy atom. The van der Waals surface area contributed by atoms with Crippen molar-refractivity contribution in [1.29, 1.82) is 0 Å². The van der Waals surface area contributed by atoms with Crippen LogP contribution >= 0.6 is 15.9 Å². The van der Waals surface area contributed by atoms with Crippen LogP contribution < -0.4 is 10.1 Å². The predicted octanol–water partition coefficient (Wildman–Crippen LogP) is 4.73. The first-order valence-electron chi connectivity index (χ1n) is 6.89. The molecule has 0 aromatic heterocycles. The molecular formula is C18H18BrNO2. The van der Waals surface area contributed by atoms with Crippen molar-refractivity contribution in [3.05, 3.63) is 63.6 Å². The predicted molar refractivity (Wildman–Crippen MR) is 94.3 cm³/mol. The molecule has 0 bridgehead atoms. The number of hydrogen-bond donors (Lipinski definition) is 1. The summed E-state index contributed by atoms with van der Waals surface area (Å²) in [4.78, 5) is 12.0. The van der Waals surface area contributed by atoms with E-state index < -0.39 is 0 Å². The van der Waals surface area contributed by atoms with Crippen LogP contribution in [-0.4, -0.2) is 13.0 Å². The zero-order chi connectivity index (χ0) is 16.1. The largest absolute Gasteiger partial charge is 0.496 e. The van der Waals surface area contributed by atoms with Crippen molar-refractivity contribution in [2.24, 2.45) is 0 Å². The van der Waals surface area contributed by atoms with E-state index in [0.29, 0.717) is 0 Å². The Hall–Kier alpha value is -2.07. The first-order chi connectivity index (χ1) is 10.5. The number of aryl methyl sites for hydroxylation is 2. The minimum absolute atomic E-state index is 0.187. The van der Waals surface area contributed by atoms with Crippen molar-refractivity contribution in [3.8, 4) is 5.75 Å². The Morgan fingerprint density at radius 3 is 2.50 bits per heavy atom. The van der Waals surface area contributed by atoms with Crippen LogP contribution in [0.15, 0.2) is 46.9 Å². The third-order valence-corrected chi connectivity index (χ3v) is 3.84. The second-order valence-corrected chi connectivity index (χ2v) is 5.91. The first-order valence-corrected chi connectivity index (χ1v) is 7.69. The maximum absolute atomic E-state index is 12.0. The molecule has 3 nitrogen and oxygen atoms in total. The highest BCUT2D eigenvalue weighted by Gasteiger charge is 2.04. The minimum atomic E-state index is -0.187. The number of benzene rings is 2. The van der Waals surface area contributed by atoms with Crippen LogP contribution in [0.4, 0.5) is 5.69 Å². The summed E-state index contributed by atoms with van der Waals surface area (Å²) < 4.78 is 6.16. The molecule has 0 aliphatic heterocycles. The standard InChI is InChI=1S/C18H18BrNO2/c1-12-5-8-17(22-3)14(10-12)6-9-18(21)20-16-7-4-13(2)11-15(16)19/h4-11H,1-3H3,(H,20,21)/b9-6+. The molecule has 0 saturated heterocycles. The molecule has 4 heteroatoms. The highest BCUT2D eigenvalue weighted by atomic mass is 79.9. The second-order valence-electron chi connectivity index (χ2n) is 5.05. The molecule has 0 aliphatic rings. The molecule has 2 aromatic carbocycles. The number of halogens is 1.